The van der Waals surface area contributed by atoms with Crippen molar-refractivity contribution in [2.75, 3.05) is 5.88 Å². The minimum Gasteiger partial charge on any atom is -0.461 e. The third-order valence-corrected chi connectivity index (χ3v) is 2.79. The molecule has 0 fully saturated rings. The SMILES string of the molecule is C[C@@H](NC(=O)CCl)c1coc2c(F)cccc12. The van der Waals surface area contributed by atoms with Crippen molar-refractivity contribution in [3.8, 4) is 0 Å². The van der Waals surface area contributed by atoms with Crippen LogP contribution >= 0.6 is 11.6 Å². The van der Waals surface area contributed by atoms with Crippen LogP contribution in [0, 0.1) is 5.82 Å². The maximum atomic E-state index is 13.4. The zero-order chi connectivity index (χ0) is 12.4. The molecular weight excluding hydrogens is 245 g/mol. The topological polar surface area (TPSA) is 42.2 Å². The number of fused-ring (bicyclic) bond motifs is 1. The monoisotopic (exact) mass is 255 g/mol. The van der Waals surface area contributed by atoms with Gasteiger partial charge in [0.2, 0.25) is 5.91 Å². The largest absolute Gasteiger partial charge is 0.461 e. The average Bonchev–Trinajstić information content (AvgIpc) is 2.74. The number of halogens is 2. The first kappa shape index (κ1) is 11.9. The van der Waals surface area contributed by atoms with Crippen LogP contribution in [-0.4, -0.2) is 11.8 Å². The molecule has 0 unspecified atom stereocenters. The maximum Gasteiger partial charge on any atom is 0.235 e. The molecule has 90 valence electrons. The predicted molar refractivity (Wildman–Crippen MR) is 63.4 cm³/mol. The number of carbonyl (C=O) groups excluding carboxylic acids is 1. The van der Waals surface area contributed by atoms with Crippen molar-refractivity contribution >= 4 is 28.5 Å². The Morgan fingerprint density at radius 1 is 1.59 bits per heavy atom. The van der Waals surface area contributed by atoms with Gasteiger partial charge in [-0.25, -0.2) is 4.39 Å². The number of furan rings is 1. The number of para-hydroxylation sites is 1. The van der Waals surface area contributed by atoms with Crippen molar-refractivity contribution in [2.45, 2.75) is 13.0 Å². The summed E-state index contributed by atoms with van der Waals surface area (Å²) in [6, 6.07) is 4.41. The van der Waals surface area contributed by atoms with Gasteiger partial charge in [0.15, 0.2) is 11.4 Å². The lowest BCUT2D eigenvalue weighted by molar-refractivity contribution is -0.119. The van der Waals surface area contributed by atoms with Gasteiger partial charge in [0, 0.05) is 10.9 Å². The molecule has 0 radical (unpaired) electrons. The average molecular weight is 256 g/mol. The van der Waals surface area contributed by atoms with Crippen LogP contribution < -0.4 is 5.32 Å². The van der Waals surface area contributed by atoms with Gasteiger partial charge < -0.3 is 9.73 Å². The smallest absolute Gasteiger partial charge is 0.235 e. The lowest BCUT2D eigenvalue weighted by Crippen LogP contribution is -2.27. The molecule has 1 heterocycles. The highest BCUT2D eigenvalue weighted by Gasteiger charge is 2.16. The van der Waals surface area contributed by atoms with Gasteiger partial charge in [-0.15, -0.1) is 11.6 Å². The summed E-state index contributed by atoms with van der Waals surface area (Å²) in [6.07, 6.45) is 1.45. The number of hydrogen-bond donors (Lipinski definition) is 1. The van der Waals surface area contributed by atoms with Gasteiger partial charge in [-0.3, -0.25) is 4.79 Å². The highest BCUT2D eigenvalue weighted by molar-refractivity contribution is 6.27. The molecule has 2 aromatic rings. The van der Waals surface area contributed by atoms with Gasteiger partial charge in [0.1, 0.15) is 5.88 Å². The standard InChI is InChI=1S/C12H11ClFNO2/c1-7(15-11(16)5-13)9-6-17-12-8(9)3-2-4-10(12)14/h2-4,6-7H,5H2,1H3,(H,15,16)/t7-/m1/s1. The van der Waals surface area contributed by atoms with Crippen molar-refractivity contribution in [1.82, 2.24) is 5.32 Å². The van der Waals surface area contributed by atoms with Crippen molar-refractivity contribution < 1.29 is 13.6 Å². The first-order valence-corrected chi connectivity index (χ1v) is 5.68. The van der Waals surface area contributed by atoms with Gasteiger partial charge in [0.05, 0.1) is 12.3 Å². The second-order valence-corrected chi connectivity index (χ2v) is 4.00. The molecule has 17 heavy (non-hydrogen) atoms. The number of hydrogen-bond acceptors (Lipinski definition) is 2. The quantitative estimate of drug-likeness (QED) is 0.857. The highest BCUT2D eigenvalue weighted by Crippen LogP contribution is 2.27. The summed E-state index contributed by atoms with van der Waals surface area (Å²) in [4.78, 5) is 11.2. The summed E-state index contributed by atoms with van der Waals surface area (Å²) in [5.74, 6) is -0.788. The minimum atomic E-state index is -0.412. The number of benzene rings is 1. The molecule has 2 rings (SSSR count). The van der Waals surface area contributed by atoms with Gasteiger partial charge >= 0.3 is 0 Å². The summed E-state index contributed by atoms with van der Waals surface area (Å²) in [7, 11) is 0. The second kappa shape index (κ2) is 4.75. The van der Waals surface area contributed by atoms with Crippen LogP contribution in [0.15, 0.2) is 28.9 Å². The molecule has 1 aromatic heterocycles. The van der Waals surface area contributed by atoms with E-state index in [9.17, 15) is 9.18 Å². The van der Waals surface area contributed by atoms with E-state index in [2.05, 4.69) is 5.32 Å². The van der Waals surface area contributed by atoms with Crippen LogP contribution in [0.1, 0.15) is 18.5 Å². The summed E-state index contributed by atoms with van der Waals surface area (Å²) < 4.78 is 18.5. The molecule has 5 heteroatoms. The molecule has 1 atom stereocenters. The molecule has 0 aliphatic heterocycles. The molecule has 0 aliphatic carbocycles. The van der Waals surface area contributed by atoms with E-state index >= 15 is 0 Å². The fourth-order valence-electron chi connectivity index (χ4n) is 1.73. The van der Waals surface area contributed by atoms with Gasteiger partial charge in [-0.2, -0.15) is 0 Å². The molecule has 0 spiro atoms. The Morgan fingerprint density at radius 2 is 2.35 bits per heavy atom. The molecular formula is C12H11ClFNO2. The first-order chi connectivity index (χ1) is 8.13. The summed E-state index contributed by atoms with van der Waals surface area (Å²) in [5, 5.41) is 3.35. The van der Waals surface area contributed by atoms with E-state index in [1.807, 2.05) is 0 Å². The Balaban J connectivity index is 2.36. The zero-order valence-corrected chi connectivity index (χ0v) is 9.92. The highest BCUT2D eigenvalue weighted by atomic mass is 35.5. The number of rotatable bonds is 3. The van der Waals surface area contributed by atoms with E-state index < -0.39 is 5.82 Å². The Bertz CT molecular complexity index is 552. The first-order valence-electron chi connectivity index (χ1n) is 5.14. The summed E-state index contributed by atoms with van der Waals surface area (Å²) >= 11 is 5.41. The Hall–Kier alpha value is -1.55. The fourth-order valence-corrected chi connectivity index (χ4v) is 1.81. The lowest BCUT2D eigenvalue weighted by atomic mass is 10.1. The molecule has 0 bridgehead atoms. The van der Waals surface area contributed by atoms with E-state index in [4.69, 9.17) is 16.0 Å². The maximum absolute atomic E-state index is 13.4. The number of carbonyl (C=O) groups is 1. The van der Waals surface area contributed by atoms with Crippen LogP contribution in [-0.2, 0) is 4.79 Å². The van der Waals surface area contributed by atoms with Crippen LogP contribution in [0.3, 0.4) is 0 Å². The van der Waals surface area contributed by atoms with Crippen LogP contribution in [0.4, 0.5) is 4.39 Å². The van der Waals surface area contributed by atoms with E-state index in [1.165, 1.54) is 12.3 Å². The predicted octanol–water partition coefficient (Wildman–Crippen LogP) is 2.99. The molecule has 1 amide bonds. The van der Waals surface area contributed by atoms with Crippen molar-refractivity contribution in [3.05, 3.63) is 35.8 Å². The molecule has 1 aromatic carbocycles. The van der Waals surface area contributed by atoms with E-state index in [-0.39, 0.29) is 23.4 Å². The summed E-state index contributed by atoms with van der Waals surface area (Å²) in [5.41, 5.74) is 0.937. The lowest BCUT2D eigenvalue weighted by Gasteiger charge is -2.11. The van der Waals surface area contributed by atoms with Crippen molar-refractivity contribution in [1.29, 1.82) is 0 Å². The minimum absolute atomic E-state index is 0.103. The van der Waals surface area contributed by atoms with Gasteiger partial charge in [0.25, 0.3) is 0 Å². The summed E-state index contributed by atoms with van der Waals surface area (Å²) in [6.45, 7) is 1.79. The Kier molecular flexibility index (Phi) is 3.33. The van der Waals surface area contributed by atoms with Crippen LogP contribution in [0.2, 0.25) is 0 Å². The van der Waals surface area contributed by atoms with Gasteiger partial charge in [-0.05, 0) is 13.0 Å². The number of alkyl halides is 1. The second-order valence-electron chi connectivity index (χ2n) is 3.73. The van der Waals surface area contributed by atoms with Crippen LogP contribution in [0.5, 0.6) is 0 Å². The fraction of sp³-hybridized carbons (Fsp3) is 0.250. The third-order valence-electron chi connectivity index (χ3n) is 2.55. The van der Waals surface area contributed by atoms with E-state index in [0.29, 0.717) is 5.39 Å². The molecule has 1 N–H and O–H groups in total. The molecule has 0 saturated heterocycles. The van der Waals surface area contributed by atoms with Crippen molar-refractivity contribution in [2.24, 2.45) is 0 Å². The van der Waals surface area contributed by atoms with Crippen molar-refractivity contribution in [3.63, 3.8) is 0 Å². The normalized spacial score (nSPS) is 12.6. The Labute approximate surface area is 103 Å². The molecule has 0 aliphatic rings. The Morgan fingerprint density at radius 3 is 3.06 bits per heavy atom. The molecule has 3 nitrogen and oxygen atoms in total. The molecule has 0 saturated carbocycles. The number of nitrogens with one attached hydrogen (secondary N) is 1. The van der Waals surface area contributed by atoms with E-state index in [1.54, 1.807) is 19.1 Å². The van der Waals surface area contributed by atoms with Gasteiger partial charge in [-0.1, -0.05) is 12.1 Å². The van der Waals surface area contributed by atoms with Crippen LogP contribution in [0.25, 0.3) is 11.0 Å². The third kappa shape index (κ3) is 2.26. The van der Waals surface area contributed by atoms with E-state index in [0.717, 1.165) is 5.56 Å². The zero-order valence-electron chi connectivity index (χ0n) is 9.17. The number of amides is 1.